The fourth-order valence-electron chi connectivity index (χ4n) is 3.45. The first-order valence-electron chi connectivity index (χ1n) is 9.61. The van der Waals surface area contributed by atoms with Crippen molar-refractivity contribution >= 4 is 29.5 Å². The monoisotopic (exact) mass is 419 g/mol. The van der Waals surface area contributed by atoms with Gasteiger partial charge in [-0.2, -0.15) is 5.26 Å². The second kappa shape index (κ2) is 9.33. The molecule has 0 bridgehead atoms. The first kappa shape index (κ1) is 21.2. The molecule has 3 atom stereocenters. The van der Waals surface area contributed by atoms with Crippen LogP contribution in [0.4, 0.5) is 0 Å². The molecule has 1 aromatic heterocycles. The summed E-state index contributed by atoms with van der Waals surface area (Å²) < 4.78 is 5.78. The third-order valence-electron chi connectivity index (χ3n) is 5.17. The van der Waals surface area contributed by atoms with E-state index in [0.717, 1.165) is 0 Å². The van der Waals surface area contributed by atoms with E-state index in [4.69, 9.17) is 10.00 Å². The molecule has 1 aromatic rings. The highest BCUT2D eigenvalue weighted by molar-refractivity contribution is 7.99. The number of hydrogen-bond donors (Lipinski definition) is 2. The van der Waals surface area contributed by atoms with Crippen molar-refractivity contribution in [1.82, 2.24) is 20.1 Å². The van der Waals surface area contributed by atoms with Crippen LogP contribution in [-0.2, 0) is 14.3 Å². The maximum absolute atomic E-state index is 13.0. The molecule has 3 amide bonds. The summed E-state index contributed by atoms with van der Waals surface area (Å²) in [6.07, 6.45) is 1.50. The standard InChI is InChI=1S/C19H25N5O4S/c1-3-17(25)24-11-29-10-15(24)19(27)23-4-5-28-16(9-23)12(2)22-18(26)14-6-13(7-20)8-21-14/h6,8,12,15-16,21H,3-5,9-11H2,1-2H3,(H,22,26)/t12?,15-,16?/m0/s1. The lowest BCUT2D eigenvalue weighted by Gasteiger charge is -2.38. The van der Waals surface area contributed by atoms with Crippen LogP contribution in [0.15, 0.2) is 12.3 Å². The maximum Gasteiger partial charge on any atom is 0.268 e. The van der Waals surface area contributed by atoms with Crippen LogP contribution in [0.3, 0.4) is 0 Å². The van der Waals surface area contributed by atoms with E-state index >= 15 is 0 Å². The third kappa shape index (κ3) is 4.74. The molecule has 2 N–H and O–H groups in total. The molecule has 2 aliphatic rings. The van der Waals surface area contributed by atoms with Crippen LogP contribution in [0.5, 0.6) is 0 Å². The molecule has 2 unspecified atom stereocenters. The molecule has 3 heterocycles. The molecule has 10 heteroatoms. The van der Waals surface area contributed by atoms with E-state index < -0.39 is 6.04 Å². The Hall–Kier alpha value is -2.51. The number of morpholine rings is 1. The molecule has 0 radical (unpaired) electrons. The molecule has 0 aliphatic carbocycles. The molecule has 2 aliphatic heterocycles. The summed E-state index contributed by atoms with van der Waals surface area (Å²) >= 11 is 1.59. The number of rotatable bonds is 5. The summed E-state index contributed by atoms with van der Waals surface area (Å²) in [6.45, 7) is 4.81. The molecule has 2 fully saturated rings. The summed E-state index contributed by atoms with van der Waals surface area (Å²) in [5.41, 5.74) is 0.683. The lowest BCUT2D eigenvalue weighted by molar-refractivity contribution is -0.148. The fourth-order valence-corrected chi connectivity index (χ4v) is 4.62. The average Bonchev–Trinajstić information content (AvgIpc) is 3.42. The maximum atomic E-state index is 13.0. The number of aromatic amines is 1. The highest BCUT2D eigenvalue weighted by Gasteiger charge is 2.38. The highest BCUT2D eigenvalue weighted by atomic mass is 32.2. The quantitative estimate of drug-likeness (QED) is 0.719. The van der Waals surface area contributed by atoms with Gasteiger partial charge in [0.25, 0.3) is 5.91 Å². The van der Waals surface area contributed by atoms with E-state index in [1.54, 1.807) is 28.5 Å². The van der Waals surface area contributed by atoms with Gasteiger partial charge in [0.1, 0.15) is 17.8 Å². The molecule has 3 rings (SSSR count). The number of carbonyl (C=O) groups excluding carboxylic acids is 3. The van der Waals surface area contributed by atoms with Crippen LogP contribution in [-0.4, -0.2) is 82.0 Å². The normalized spacial score (nSPS) is 22.8. The topological polar surface area (TPSA) is 119 Å². The van der Waals surface area contributed by atoms with Gasteiger partial charge in [0.05, 0.1) is 30.2 Å². The van der Waals surface area contributed by atoms with Crippen LogP contribution in [0, 0.1) is 11.3 Å². The zero-order chi connectivity index (χ0) is 21.0. The highest BCUT2D eigenvalue weighted by Crippen LogP contribution is 2.24. The Labute approximate surface area is 173 Å². The Bertz CT molecular complexity index is 820. The van der Waals surface area contributed by atoms with Crippen molar-refractivity contribution in [2.45, 2.75) is 38.5 Å². The van der Waals surface area contributed by atoms with E-state index in [0.29, 0.717) is 49.0 Å². The number of nitrogens with zero attached hydrogens (tertiary/aromatic N) is 3. The van der Waals surface area contributed by atoms with Gasteiger partial charge >= 0.3 is 0 Å². The summed E-state index contributed by atoms with van der Waals surface area (Å²) in [6, 6.07) is 2.69. The van der Waals surface area contributed by atoms with Crippen LogP contribution in [0.2, 0.25) is 0 Å². The smallest absolute Gasteiger partial charge is 0.268 e. The van der Waals surface area contributed by atoms with Crippen molar-refractivity contribution in [3.05, 3.63) is 23.5 Å². The Morgan fingerprint density at radius 3 is 2.97 bits per heavy atom. The lowest BCUT2D eigenvalue weighted by atomic mass is 10.1. The lowest BCUT2D eigenvalue weighted by Crippen LogP contribution is -2.57. The van der Waals surface area contributed by atoms with Crippen molar-refractivity contribution in [1.29, 1.82) is 5.26 Å². The third-order valence-corrected chi connectivity index (χ3v) is 6.18. The Morgan fingerprint density at radius 1 is 1.48 bits per heavy atom. The van der Waals surface area contributed by atoms with Crippen molar-refractivity contribution < 1.29 is 19.1 Å². The van der Waals surface area contributed by atoms with E-state index in [9.17, 15) is 14.4 Å². The minimum atomic E-state index is -0.431. The van der Waals surface area contributed by atoms with E-state index in [-0.39, 0.29) is 29.9 Å². The first-order chi connectivity index (χ1) is 13.9. The van der Waals surface area contributed by atoms with Gasteiger partial charge in [-0.3, -0.25) is 14.4 Å². The van der Waals surface area contributed by atoms with Crippen molar-refractivity contribution in [3.63, 3.8) is 0 Å². The van der Waals surface area contributed by atoms with E-state index in [1.807, 2.05) is 13.0 Å². The summed E-state index contributed by atoms with van der Waals surface area (Å²) in [4.78, 5) is 43.6. The predicted molar refractivity (Wildman–Crippen MR) is 107 cm³/mol. The van der Waals surface area contributed by atoms with Crippen LogP contribution in [0.1, 0.15) is 36.3 Å². The Balaban J connectivity index is 1.59. The number of nitrogens with one attached hydrogen (secondary N) is 2. The number of aromatic nitrogens is 1. The van der Waals surface area contributed by atoms with Crippen LogP contribution in [0.25, 0.3) is 0 Å². The number of hydrogen-bond acceptors (Lipinski definition) is 6. The fraction of sp³-hybridized carbons (Fsp3) is 0.579. The molecule has 2 saturated heterocycles. The molecule has 156 valence electrons. The molecule has 9 nitrogen and oxygen atoms in total. The van der Waals surface area contributed by atoms with Crippen LogP contribution >= 0.6 is 11.8 Å². The van der Waals surface area contributed by atoms with Gasteiger partial charge < -0.3 is 24.8 Å². The van der Waals surface area contributed by atoms with Crippen molar-refractivity contribution in [3.8, 4) is 6.07 Å². The first-order valence-corrected chi connectivity index (χ1v) is 10.8. The number of ether oxygens (including phenoxy) is 1. The minimum Gasteiger partial charge on any atom is -0.372 e. The largest absolute Gasteiger partial charge is 0.372 e. The second-order valence-corrected chi connectivity index (χ2v) is 8.10. The van der Waals surface area contributed by atoms with Gasteiger partial charge in [-0.25, -0.2) is 0 Å². The molecule has 0 spiro atoms. The summed E-state index contributed by atoms with van der Waals surface area (Å²) in [5, 5.41) is 11.7. The SMILES string of the molecule is CCC(=O)N1CSC[C@H]1C(=O)N1CCOC(C(C)NC(=O)c2cc(C#N)c[nH]2)C1. The zero-order valence-corrected chi connectivity index (χ0v) is 17.3. The van der Waals surface area contributed by atoms with Gasteiger partial charge in [0.15, 0.2) is 0 Å². The van der Waals surface area contributed by atoms with Crippen molar-refractivity contribution in [2.24, 2.45) is 0 Å². The van der Waals surface area contributed by atoms with E-state index in [2.05, 4.69) is 10.3 Å². The summed E-state index contributed by atoms with van der Waals surface area (Å²) in [5.74, 6) is 0.739. The number of amides is 3. The molecular formula is C19H25N5O4S. The van der Waals surface area contributed by atoms with Gasteiger partial charge in [-0.15, -0.1) is 11.8 Å². The zero-order valence-electron chi connectivity index (χ0n) is 16.5. The predicted octanol–water partition coefficient (Wildman–Crippen LogP) is 0.544. The number of carbonyl (C=O) groups is 3. The number of H-pyrrole nitrogens is 1. The van der Waals surface area contributed by atoms with Gasteiger partial charge in [0, 0.05) is 31.5 Å². The molecule has 29 heavy (non-hydrogen) atoms. The Kier molecular flexibility index (Phi) is 6.82. The number of thioether (sulfide) groups is 1. The molecule has 0 saturated carbocycles. The molecular weight excluding hydrogens is 394 g/mol. The molecule has 0 aromatic carbocycles. The summed E-state index contributed by atoms with van der Waals surface area (Å²) in [7, 11) is 0. The van der Waals surface area contributed by atoms with Gasteiger partial charge in [0.2, 0.25) is 11.8 Å². The van der Waals surface area contributed by atoms with Gasteiger partial charge in [-0.05, 0) is 13.0 Å². The average molecular weight is 420 g/mol. The minimum absolute atomic E-state index is 0.0125. The van der Waals surface area contributed by atoms with Crippen molar-refractivity contribution in [2.75, 3.05) is 31.3 Å². The number of nitriles is 1. The second-order valence-electron chi connectivity index (χ2n) is 7.10. The Morgan fingerprint density at radius 2 is 2.28 bits per heavy atom. The van der Waals surface area contributed by atoms with E-state index in [1.165, 1.54) is 12.3 Å². The van der Waals surface area contributed by atoms with Gasteiger partial charge in [-0.1, -0.05) is 6.92 Å². The van der Waals surface area contributed by atoms with Crippen LogP contribution < -0.4 is 5.32 Å².